The Bertz CT molecular complexity index is 1440. The maximum absolute atomic E-state index is 13.7. The van der Waals surface area contributed by atoms with E-state index in [0.29, 0.717) is 10.7 Å². The smallest absolute Gasteiger partial charge is 0.259 e. The number of aromatic hydroxyl groups is 1. The lowest BCUT2D eigenvalue weighted by molar-refractivity contribution is 0.102. The first-order valence-electron chi connectivity index (χ1n) is 11.8. The molecule has 0 saturated heterocycles. The van der Waals surface area contributed by atoms with Gasteiger partial charge in [0.25, 0.3) is 5.91 Å². The maximum atomic E-state index is 13.7. The van der Waals surface area contributed by atoms with Crippen LogP contribution < -0.4 is 5.32 Å². The van der Waals surface area contributed by atoms with Crippen LogP contribution in [0.15, 0.2) is 127 Å². The van der Waals surface area contributed by atoms with Crippen molar-refractivity contribution in [2.45, 2.75) is 5.41 Å². The molecule has 0 saturated carbocycles. The van der Waals surface area contributed by atoms with Crippen LogP contribution in [0.3, 0.4) is 0 Å². The van der Waals surface area contributed by atoms with E-state index in [-0.39, 0.29) is 11.3 Å². The summed E-state index contributed by atoms with van der Waals surface area (Å²) in [4.78, 5) is 12.8. The molecule has 0 aliphatic carbocycles. The molecule has 2 N–H and O–H groups in total. The van der Waals surface area contributed by atoms with Gasteiger partial charge >= 0.3 is 0 Å². The number of anilines is 1. The van der Waals surface area contributed by atoms with E-state index in [2.05, 4.69) is 41.7 Å². The number of carbonyl (C=O) groups is 1. The summed E-state index contributed by atoms with van der Waals surface area (Å²) < 4.78 is 13.7. The lowest BCUT2D eigenvalue weighted by atomic mass is 9.65. The van der Waals surface area contributed by atoms with Crippen molar-refractivity contribution in [3.05, 3.63) is 166 Å². The van der Waals surface area contributed by atoms with Crippen molar-refractivity contribution in [3.63, 3.8) is 0 Å². The van der Waals surface area contributed by atoms with Gasteiger partial charge in [-0.15, -0.1) is 0 Å². The van der Waals surface area contributed by atoms with E-state index in [1.807, 2.05) is 66.7 Å². The summed E-state index contributed by atoms with van der Waals surface area (Å²) in [5.41, 5.74) is 3.58. The summed E-state index contributed by atoms with van der Waals surface area (Å²) in [6, 6.07) is 39.3. The SMILES string of the molecule is O=C(Nc1ccc(C(c2ccccc2)(c2ccccc2)c2ccccc2)cc1Cl)c1cc(F)ccc1O. The van der Waals surface area contributed by atoms with Crippen molar-refractivity contribution in [1.82, 2.24) is 0 Å². The molecule has 0 aromatic heterocycles. The van der Waals surface area contributed by atoms with Gasteiger partial charge in [-0.05, 0) is 52.6 Å². The predicted molar refractivity (Wildman–Crippen MR) is 146 cm³/mol. The molecule has 0 heterocycles. The van der Waals surface area contributed by atoms with Gasteiger partial charge in [0.15, 0.2) is 0 Å². The van der Waals surface area contributed by atoms with Gasteiger partial charge in [-0.25, -0.2) is 4.39 Å². The molecule has 0 fully saturated rings. The van der Waals surface area contributed by atoms with Gasteiger partial charge in [0.05, 0.1) is 21.7 Å². The monoisotopic (exact) mass is 507 g/mol. The Morgan fingerprint density at radius 2 is 1.19 bits per heavy atom. The molecule has 0 aliphatic heterocycles. The standard InChI is InChI=1S/C32H23ClFNO2/c33-28-20-25(16-18-29(28)35-31(37)27-21-26(34)17-19-30(27)36)32(22-10-4-1-5-11-22,23-12-6-2-7-13-23)24-14-8-3-9-15-24/h1-21,36H,(H,35,37). The summed E-state index contributed by atoms with van der Waals surface area (Å²) >= 11 is 6.75. The van der Waals surface area contributed by atoms with Crippen LogP contribution in [0.1, 0.15) is 32.6 Å². The number of carbonyl (C=O) groups excluding carboxylic acids is 1. The lowest BCUT2D eigenvalue weighted by Crippen LogP contribution is -2.31. The van der Waals surface area contributed by atoms with Gasteiger partial charge < -0.3 is 10.4 Å². The minimum atomic E-state index is -0.684. The van der Waals surface area contributed by atoms with Gasteiger partial charge in [0, 0.05) is 0 Å². The molecular weight excluding hydrogens is 485 g/mol. The third kappa shape index (κ3) is 4.59. The van der Waals surface area contributed by atoms with E-state index in [9.17, 15) is 14.3 Å². The molecule has 0 unspecified atom stereocenters. The normalized spacial score (nSPS) is 11.2. The first kappa shape index (κ1) is 24.3. The Morgan fingerprint density at radius 1 is 0.676 bits per heavy atom. The van der Waals surface area contributed by atoms with E-state index >= 15 is 0 Å². The first-order chi connectivity index (χ1) is 18.0. The molecule has 5 heteroatoms. The zero-order chi connectivity index (χ0) is 25.8. The topological polar surface area (TPSA) is 49.3 Å². The highest BCUT2D eigenvalue weighted by molar-refractivity contribution is 6.34. The van der Waals surface area contributed by atoms with Crippen LogP contribution >= 0.6 is 11.6 Å². The molecule has 3 nitrogen and oxygen atoms in total. The van der Waals surface area contributed by atoms with Crippen LogP contribution in [0.5, 0.6) is 5.75 Å². The molecule has 5 rings (SSSR count). The lowest BCUT2D eigenvalue weighted by Gasteiger charge is -2.37. The van der Waals surface area contributed by atoms with Gasteiger partial charge in [0.2, 0.25) is 0 Å². The first-order valence-corrected chi connectivity index (χ1v) is 12.1. The zero-order valence-corrected chi connectivity index (χ0v) is 20.5. The second-order valence-corrected chi connectivity index (χ2v) is 9.07. The minimum absolute atomic E-state index is 0.174. The highest BCUT2D eigenvalue weighted by Crippen LogP contribution is 2.46. The van der Waals surface area contributed by atoms with Crippen molar-refractivity contribution >= 4 is 23.2 Å². The largest absolute Gasteiger partial charge is 0.507 e. The molecule has 0 bridgehead atoms. The average molecular weight is 508 g/mol. The Morgan fingerprint density at radius 3 is 1.68 bits per heavy atom. The van der Waals surface area contributed by atoms with Crippen LogP contribution in [0.25, 0.3) is 0 Å². The summed E-state index contributed by atoms with van der Waals surface area (Å²) in [6.45, 7) is 0. The Labute approximate surface area is 219 Å². The van der Waals surface area contributed by atoms with Crippen molar-refractivity contribution in [3.8, 4) is 5.75 Å². The van der Waals surface area contributed by atoms with Crippen molar-refractivity contribution in [1.29, 1.82) is 0 Å². The number of hydrogen-bond donors (Lipinski definition) is 2. The minimum Gasteiger partial charge on any atom is -0.507 e. The number of rotatable bonds is 6. The van der Waals surface area contributed by atoms with Gasteiger partial charge in [-0.3, -0.25) is 4.79 Å². The fraction of sp³-hybridized carbons (Fsp3) is 0.0312. The van der Waals surface area contributed by atoms with E-state index in [1.165, 1.54) is 0 Å². The molecule has 182 valence electrons. The molecule has 5 aromatic carbocycles. The summed E-state index contributed by atoms with van der Waals surface area (Å²) in [5.74, 6) is -1.60. The quantitative estimate of drug-likeness (QED) is 0.230. The number of phenolic OH excluding ortho intramolecular Hbond substituents is 1. The van der Waals surface area contributed by atoms with Crippen LogP contribution in [-0.4, -0.2) is 11.0 Å². The fourth-order valence-corrected chi connectivity index (χ4v) is 5.02. The van der Waals surface area contributed by atoms with Gasteiger partial charge in [-0.1, -0.05) is 109 Å². The summed E-state index contributed by atoms with van der Waals surface area (Å²) in [5, 5.41) is 13.0. The molecule has 0 aliphatic rings. The molecule has 0 radical (unpaired) electrons. The molecule has 0 spiro atoms. The number of halogens is 2. The average Bonchev–Trinajstić information content (AvgIpc) is 2.94. The second-order valence-electron chi connectivity index (χ2n) is 8.66. The maximum Gasteiger partial charge on any atom is 0.259 e. The van der Waals surface area contributed by atoms with Gasteiger partial charge in [-0.2, -0.15) is 0 Å². The van der Waals surface area contributed by atoms with Crippen LogP contribution in [0.4, 0.5) is 10.1 Å². The summed E-state index contributed by atoms with van der Waals surface area (Å²) in [6.07, 6.45) is 0. The molecular formula is C32H23ClFNO2. The van der Waals surface area contributed by atoms with E-state index < -0.39 is 17.1 Å². The fourth-order valence-electron chi connectivity index (χ4n) is 4.79. The van der Waals surface area contributed by atoms with E-state index in [4.69, 9.17) is 11.6 Å². The van der Waals surface area contributed by atoms with Crippen LogP contribution in [-0.2, 0) is 5.41 Å². The molecule has 0 atom stereocenters. The second kappa shape index (κ2) is 10.3. The van der Waals surface area contributed by atoms with Crippen LogP contribution in [0.2, 0.25) is 5.02 Å². The molecule has 5 aromatic rings. The number of hydrogen-bond acceptors (Lipinski definition) is 2. The number of nitrogens with one attached hydrogen (secondary N) is 1. The van der Waals surface area contributed by atoms with Crippen molar-refractivity contribution in [2.75, 3.05) is 5.32 Å². The predicted octanol–water partition coefficient (Wildman–Crippen LogP) is 7.82. The molecule has 37 heavy (non-hydrogen) atoms. The zero-order valence-electron chi connectivity index (χ0n) is 19.7. The summed E-state index contributed by atoms with van der Waals surface area (Å²) in [7, 11) is 0. The Balaban J connectivity index is 1.66. The third-order valence-corrected chi connectivity index (χ3v) is 6.79. The Kier molecular flexibility index (Phi) is 6.76. The van der Waals surface area contributed by atoms with Crippen molar-refractivity contribution < 1.29 is 14.3 Å². The van der Waals surface area contributed by atoms with E-state index in [0.717, 1.165) is 40.5 Å². The number of amides is 1. The molecule has 1 amide bonds. The number of benzene rings is 5. The van der Waals surface area contributed by atoms with Crippen LogP contribution in [0, 0.1) is 5.82 Å². The highest BCUT2D eigenvalue weighted by Gasteiger charge is 2.38. The van der Waals surface area contributed by atoms with E-state index in [1.54, 1.807) is 6.07 Å². The van der Waals surface area contributed by atoms with Crippen molar-refractivity contribution in [2.24, 2.45) is 0 Å². The Hall–Kier alpha value is -4.41. The number of phenols is 1. The van der Waals surface area contributed by atoms with Gasteiger partial charge in [0.1, 0.15) is 11.6 Å². The third-order valence-electron chi connectivity index (χ3n) is 6.47. The highest BCUT2D eigenvalue weighted by atomic mass is 35.5.